The van der Waals surface area contributed by atoms with Crippen LogP contribution < -0.4 is 38.2 Å². The molecule has 24 heteroatoms. The number of nitrogens with zero attached hydrogens (tertiary/aromatic N) is 5. The van der Waals surface area contributed by atoms with Gasteiger partial charge in [-0.3, -0.25) is 37.5 Å². The van der Waals surface area contributed by atoms with E-state index in [1.807, 2.05) is 96.9 Å². The summed E-state index contributed by atoms with van der Waals surface area (Å²) in [5, 5.41) is 29.5. The van der Waals surface area contributed by atoms with E-state index in [4.69, 9.17) is 18.9 Å². The van der Waals surface area contributed by atoms with Crippen LogP contribution in [-0.4, -0.2) is 75.8 Å². The maximum Gasteiger partial charge on any atom is 0.281 e. The molecule has 0 bridgehead atoms. The Balaban J connectivity index is 0. The Bertz CT molecular complexity index is 2360. The molecule has 0 unspecified atom stereocenters. The maximum atomic E-state index is 11.1. The van der Waals surface area contributed by atoms with E-state index in [-0.39, 0.29) is 69.3 Å². The van der Waals surface area contributed by atoms with Gasteiger partial charge in [-0.2, -0.15) is 19.7 Å². The highest BCUT2D eigenvalue weighted by Crippen LogP contribution is 2.15. The summed E-state index contributed by atoms with van der Waals surface area (Å²) in [4.78, 5) is 73.5. The van der Waals surface area contributed by atoms with Crippen molar-refractivity contribution in [1.29, 1.82) is 0 Å². The van der Waals surface area contributed by atoms with Crippen molar-refractivity contribution < 1.29 is 28.5 Å². The molecule has 69 heavy (non-hydrogen) atoms. The minimum Gasteiger partial charge on any atom is -0.502 e. The average molecular weight is 1010 g/mol. The Kier molecular flexibility index (Phi) is 32.6. The fourth-order valence-electron chi connectivity index (χ4n) is 4.09. The number of carbonyl (C=O) groups excluding carboxylic acids is 2. The zero-order valence-corrected chi connectivity index (χ0v) is 44.9. The SMILES string of the molecule is C=C1N=C(C(C)C)NO1.CC(C)c1cc(=O)[nH]o1.CC(C)c1cc(=O)[nH]s1.CC(C)c1cocc(O)c1=O.CC(C)c1nn[nH]n1.CC(C)c1ns[nH]c1=O.CNC(=O)C(C)C.CNC(=O)C(C)C. The lowest BCUT2D eigenvalue weighted by molar-refractivity contribution is -0.124. The quantitative estimate of drug-likeness (QED) is 0.0760. The maximum absolute atomic E-state index is 11.1. The van der Waals surface area contributed by atoms with Gasteiger partial charge in [0, 0.05) is 83.9 Å². The van der Waals surface area contributed by atoms with Gasteiger partial charge in [-0.15, -0.1) is 10.2 Å². The largest absolute Gasteiger partial charge is 0.502 e. The lowest BCUT2D eigenvalue weighted by Gasteiger charge is -2.01. The molecule has 0 fully saturated rings. The molecule has 1 aliphatic heterocycles. The van der Waals surface area contributed by atoms with Crippen molar-refractivity contribution in [3.63, 3.8) is 0 Å². The number of aromatic hydroxyl groups is 1. The Labute approximate surface area is 412 Å². The predicted octanol–water partition coefficient (Wildman–Crippen LogP) is 7.22. The zero-order chi connectivity index (χ0) is 53.6. The average Bonchev–Trinajstić information content (AvgIpc) is 4.15. The number of rotatable bonds is 8. The molecule has 8 N–H and O–H groups in total. The van der Waals surface area contributed by atoms with Gasteiger partial charge < -0.3 is 29.5 Å². The standard InChI is InChI=1S/C8H10O3.C6H10N2O.C6H9NO2.C6H9NOS.C5H8N2OS.2C5H11NO.C4H8N4/c1-5(2)6-3-11-4-7(9)8(6)10;1-4(2)6-7-5(3)9-8-6;2*1-4(2)5-3-6(8)7-9-5;1-3(2)4-5(8)7-9-6-4;2*1-4(2)5(7)6-3;1-3(2)4-5-7-8-6-4/h3-5,9H,1-2H3;4H,3H2,1-2H3,(H,7,8);2*3-4H,1-2H3,(H,7,8);3H,1-2H3,(H,7,8);2*4H,1-3H3,(H,6,7);3H,1-2H3,(H,5,6,7,8). The number of hydrogen-bond donors (Lipinski definition) is 8. The van der Waals surface area contributed by atoms with Crippen molar-refractivity contribution in [2.24, 2.45) is 22.7 Å². The number of nitrogens with one attached hydrogen (secondary N) is 7. The van der Waals surface area contributed by atoms with E-state index in [0.717, 1.165) is 34.5 Å². The van der Waals surface area contributed by atoms with Gasteiger partial charge in [-0.05, 0) is 18.4 Å². The molecule has 5 aromatic heterocycles. The summed E-state index contributed by atoms with van der Waals surface area (Å²) < 4.78 is 18.6. The van der Waals surface area contributed by atoms with E-state index in [1.165, 1.54) is 23.9 Å². The van der Waals surface area contributed by atoms with Gasteiger partial charge in [0.2, 0.25) is 23.1 Å². The molecule has 6 rings (SSSR count). The van der Waals surface area contributed by atoms with E-state index >= 15 is 0 Å². The Morgan fingerprint density at radius 1 is 0.725 bits per heavy atom. The lowest BCUT2D eigenvalue weighted by atomic mass is 10.1. The molecule has 0 saturated heterocycles. The molecular formula is C45H76N12O10S2. The zero-order valence-electron chi connectivity index (χ0n) is 43.3. The fourth-order valence-corrected chi connectivity index (χ4v) is 5.40. The fraction of sp³-hybridized carbons (Fsp3) is 0.578. The van der Waals surface area contributed by atoms with Crippen molar-refractivity contribution >= 4 is 40.9 Å². The number of aromatic amines is 4. The summed E-state index contributed by atoms with van der Waals surface area (Å²) in [7, 11) is 3.28. The van der Waals surface area contributed by atoms with Crippen LogP contribution in [0.5, 0.6) is 5.75 Å². The summed E-state index contributed by atoms with van der Waals surface area (Å²) in [6.45, 7) is 34.8. The highest BCUT2D eigenvalue weighted by atomic mass is 32.1. The van der Waals surface area contributed by atoms with Crippen LogP contribution in [0.3, 0.4) is 0 Å². The number of tetrazole rings is 1. The number of hydrogen-bond acceptors (Lipinski definition) is 18. The molecule has 0 atom stereocenters. The van der Waals surface area contributed by atoms with Gasteiger partial charge >= 0.3 is 0 Å². The van der Waals surface area contributed by atoms with Gasteiger partial charge in [0.1, 0.15) is 23.6 Å². The number of hydroxylamine groups is 1. The van der Waals surface area contributed by atoms with Crippen molar-refractivity contribution in [2.75, 3.05) is 14.1 Å². The van der Waals surface area contributed by atoms with Crippen molar-refractivity contribution in [2.45, 2.75) is 140 Å². The Hall–Kier alpha value is -6.43. The van der Waals surface area contributed by atoms with Crippen LogP contribution in [-0.2, 0) is 14.4 Å². The summed E-state index contributed by atoms with van der Waals surface area (Å²) in [5.41, 5.74) is 3.26. The van der Waals surface area contributed by atoms with Crippen LogP contribution in [0.2, 0.25) is 0 Å². The van der Waals surface area contributed by atoms with E-state index in [9.17, 15) is 28.8 Å². The molecule has 0 radical (unpaired) electrons. The van der Waals surface area contributed by atoms with E-state index in [1.54, 1.807) is 20.2 Å². The molecule has 5 aromatic rings. The monoisotopic (exact) mass is 1010 g/mol. The Morgan fingerprint density at radius 2 is 1.30 bits per heavy atom. The first kappa shape index (κ1) is 64.7. The van der Waals surface area contributed by atoms with E-state index < -0.39 is 0 Å². The van der Waals surface area contributed by atoms with Crippen LogP contribution in [0.1, 0.15) is 168 Å². The number of amides is 2. The molecule has 388 valence electrons. The van der Waals surface area contributed by atoms with Gasteiger partial charge in [-0.1, -0.05) is 128 Å². The van der Waals surface area contributed by atoms with Gasteiger partial charge in [0.15, 0.2) is 11.6 Å². The summed E-state index contributed by atoms with van der Waals surface area (Å²) in [5.74, 6) is 4.68. The smallest absolute Gasteiger partial charge is 0.281 e. The van der Waals surface area contributed by atoms with Crippen LogP contribution in [0.15, 0.2) is 70.2 Å². The number of aromatic nitrogens is 8. The van der Waals surface area contributed by atoms with Crippen molar-refractivity contribution in [3.05, 3.63) is 106 Å². The van der Waals surface area contributed by atoms with Gasteiger partial charge in [-0.25, -0.2) is 5.48 Å². The number of carbonyl (C=O) groups is 2. The normalized spacial score (nSPS) is 11.1. The van der Waals surface area contributed by atoms with E-state index in [2.05, 4.69) is 80.4 Å². The van der Waals surface area contributed by atoms with Crippen LogP contribution >= 0.6 is 23.3 Å². The number of H-pyrrole nitrogens is 4. The third kappa shape index (κ3) is 28.5. The topological polar surface area (TPSA) is 321 Å². The lowest BCUT2D eigenvalue weighted by Crippen LogP contribution is -2.22. The molecule has 2 amide bonds. The molecule has 1 aliphatic rings. The van der Waals surface area contributed by atoms with E-state index in [0.29, 0.717) is 40.7 Å². The molecule has 6 heterocycles. The van der Waals surface area contributed by atoms with Crippen LogP contribution in [0.4, 0.5) is 0 Å². The predicted molar refractivity (Wildman–Crippen MR) is 272 cm³/mol. The second kappa shape index (κ2) is 34.8. The highest BCUT2D eigenvalue weighted by Gasteiger charge is 2.12. The molecule has 0 saturated carbocycles. The third-order valence-electron chi connectivity index (χ3n) is 8.26. The second-order valence-corrected chi connectivity index (χ2v) is 18.6. The van der Waals surface area contributed by atoms with Crippen molar-refractivity contribution in [3.8, 4) is 5.75 Å². The minimum atomic E-state index is -0.341. The first-order valence-electron chi connectivity index (χ1n) is 22.2. The highest BCUT2D eigenvalue weighted by molar-refractivity contribution is 7.05. The Morgan fingerprint density at radius 3 is 1.52 bits per heavy atom. The number of aliphatic imine (C=N–C) groups is 1. The third-order valence-corrected chi connectivity index (χ3v) is 9.96. The van der Waals surface area contributed by atoms with Gasteiger partial charge in [0.25, 0.3) is 16.7 Å². The van der Waals surface area contributed by atoms with Crippen molar-refractivity contribution in [1.82, 2.24) is 55.0 Å². The second-order valence-electron chi connectivity index (χ2n) is 17.1. The number of amidine groups is 1. The molecular weight excluding hydrogens is 933 g/mol. The van der Waals surface area contributed by atoms with Crippen LogP contribution in [0, 0.1) is 17.8 Å². The molecule has 0 spiro atoms. The summed E-state index contributed by atoms with van der Waals surface area (Å²) in [6.07, 6.45) is 2.40. The summed E-state index contributed by atoms with van der Waals surface area (Å²) >= 11 is 2.53. The minimum absolute atomic E-state index is 0.0173. The molecule has 0 aliphatic carbocycles. The first-order valence-corrected chi connectivity index (χ1v) is 23.8. The molecule has 0 aromatic carbocycles. The van der Waals surface area contributed by atoms with Gasteiger partial charge in [0.05, 0.1) is 6.26 Å². The summed E-state index contributed by atoms with van der Waals surface area (Å²) in [6, 6.07) is 3.11. The first-order chi connectivity index (χ1) is 32.1. The molecule has 22 nitrogen and oxygen atoms in total. The van der Waals surface area contributed by atoms with Crippen LogP contribution in [0.25, 0.3) is 0 Å².